The Morgan fingerprint density at radius 1 is 1.25 bits per heavy atom. The van der Waals surface area contributed by atoms with Crippen molar-refractivity contribution in [3.8, 4) is 5.75 Å². The average molecular weight is 522 g/mol. The summed E-state index contributed by atoms with van der Waals surface area (Å²) in [6, 6.07) is 8.26. The van der Waals surface area contributed by atoms with Gasteiger partial charge in [0.1, 0.15) is 12.4 Å². The molecular formula is C18H27IN4O4S. The summed E-state index contributed by atoms with van der Waals surface area (Å²) >= 11 is 0. The summed E-state index contributed by atoms with van der Waals surface area (Å²) in [7, 11) is -1.52. The Balaban J connectivity index is 0.00000392. The minimum Gasteiger partial charge on any atom is -0.492 e. The molecule has 0 fully saturated rings. The van der Waals surface area contributed by atoms with Gasteiger partial charge >= 0.3 is 0 Å². The van der Waals surface area contributed by atoms with Crippen molar-refractivity contribution >= 4 is 39.8 Å². The van der Waals surface area contributed by atoms with Crippen molar-refractivity contribution < 1.29 is 17.7 Å². The molecule has 0 aliphatic heterocycles. The lowest BCUT2D eigenvalue weighted by atomic mass is 10.1. The minimum absolute atomic E-state index is 0. The maximum absolute atomic E-state index is 11.4. The van der Waals surface area contributed by atoms with Crippen LogP contribution < -0.4 is 15.4 Å². The smallest absolute Gasteiger partial charge is 0.191 e. The lowest BCUT2D eigenvalue weighted by molar-refractivity contribution is 0.321. The van der Waals surface area contributed by atoms with E-state index in [1.165, 1.54) is 18.4 Å². The van der Waals surface area contributed by atoms with Crippen molar-refractivity contribution in [3.05, 3.63) is 41.8 Å². The Hall–Kier alpha value is -1.82. The number of sulfone groups is 1. The van der Waals surface area contributed by atoms with Crippen molar-refractivity contribution in [3.63, 3.8) is 0 Å². The molecule has 2 rings (SSSR count). The van der Waals surface area contributed by atoms with E-state index in [0.29, 0.717) is 37.3 Å². The van der Waals surface area contributed by atoms with Crippen LogP contribution in [-0.4, -0.2) is 46.0 Å². The van der Waals surface area contributed by atoms with E-state index >= 15 is 0 Å². The maximum atomic E-state index is 11.4. The fourth-order valence-electron chi connectivity index (χ4n) is 2.20. The number of hydrogen-bond acceptors (Lipinski definition) is 6. The lowest BCUT2D eigenvalue weighted by Gasteiger charge is -2.11. The Labute approximate surface area is 183 Å². The van der Waals surface area contributed by atoms with Crippen LogP contribution in [0.2, 0.25) is 0 Å². The Bertz CT molecular complexity index is 864. The number of hydrogen-bond donors (Lipinski definition) is 2. The van der Waals surface area contributed by atoms with Crippen molar-refractivity contribution in [2.75, 3.05) is 26.5 Å². The van der Waals surface area contributed by atoms with Crippen molar-refractivity contribution in [1.82, 2.24) is 15.8 Å². The topological polar surface area (TPSA) is 106 Å². The number of benzene rings is 1. The molecule has 0 bridgehead atoms. The molecule has 8 nitrogen and oxygen atoms in total. The minimum atomic E-state index is -3.20. The van der Waals surface area contributed by atoms with Crippen LogP contribution in [0.3, 0.4) is 0 Å². The molecule has 2 N–H and O–H groups in total. The highest BCUT2D eigenvalue weighted by atomic mass is 127. The summed E-state index contributed by atoms with van der Waals surface area (Å²) in [5, 5.41) is 10.3. The summed E-state index contributed by atoms with van der Waals surface area (Å²) in [5.41, 5.74) is 0.921. The van der Waals surface area contributed by atoms with Crippen molar-refractivity contribution in [2.24, 2.45) is 4.99 Å². The predicted octanol–water partition coefficient (Wildman–Crippen LogP) is 2.56. The van der Waals surface area contributed by atoms with E-state index in [1.54, 1.807) is 19.2 Å². The van der Waals surface area contributed by atoms with Crippen LogP contribution in [0, 0.1) is 0 Å². The molecule has 1 aromatic carbocycles. The molecular weight excluding hydrogens is 495 g/mol. The van der Waals surface area contributed by atoms with E-state index in [0.717, 1.165) is 11.5 Å². The second-order valence-electron chi connectivity index (χ2n) is 6.32. The molecule has 0 amide bonds. The van der Waals surface area contributed by atoms with Gasteiger partial charge in [-0.2, -0.15) is 0 Å². The van der Waals surface area contributed by atoms with Crippen LogP contribution in [0.5, 0.6) is 5.75 Å². The molecule has 1 heterocycles. The average Bonchev–Trinajstić information content (AvgIpc) is 3.10. The zero-order valence-electron chi connectivity index (χ0n) is 16.4. The number of nitrogens with zero attached hydrogens (tertiary/aromatic N) is 2. The Kier molecular flexibility index (Phi) is 9.73. The van der Waals surface area contributed by atoms with Crippen molar-refractivity contribution in [1.29, 1.82) is 0 Å². The molecule has 0 aliphatic rings. The van der Waals surface area contributed by atoms with Crippen LogP contribution in [0.1, 0.15) is 31.2 Å². The standard InChI is InChI=1S/C18H26N4O4S.HI/c1-13(2)17-11-15(26-22-17)12-21-18(19-3)20-9-10-25-14-5-7-16(8-6-14)27(4,23)24;/h5-8,11,13H,9-10,12H2,1-4H3,(H2,19,20,21);1H. The molecule has 0 saturated heterocycles. The Morgan fingerprint density at radius 2 is 1.93 bits per heavy atom. The quantitative estimate of drug-likeness (QED) is 0.238. The van der Waals surface area contributed by atoms with Crippen LogP contribution in [0.25, 0.3) is 0 Å². The summed E-state index contributed by atoms with van der Waals surface area (Å²) < 4.78 is 33.7. The highest BCUT2D eigenvalue weighted by Crippen LogP contribution is 2.15. The first kappa shape index (κ1) is 24.2. The first-order valence-electron chi connectivity index (χ1n) is 8.62. The van der Waals surface area contributed by atoms with Crippen molar-refractivity contribution in [2.45, 2.75) is 31.2 Å². The zero-order chi connectivity index (χ0) is 19.9. The van der Waals surface area contributed by atoms with Gasteiger partial charge in [0.25, 0.3) is 0 Å². The van der Waals surface area contributed by atoms with Crippen LogP contribution in [0.4, 0.5) is 0 Å². The summed E-state index contributed by atoms with van der Waals surface area (Å²) in [4.78, 5) is 4.41. The van der Waals surface area contributed by atoms with Gasteiger partial charge in [0.05, 0.1) is 23.7 Å². The summed E-state index contributed by atoms with van der Waals surface area (Å²) in [5.74, 6) is 2.29. The molecule has 28 heavy (non-hydrogen) atoms. The van der Waals surface area contributed by atoms with Gasteiger partial charge in [0, 0.05) is 19.4 Å². The number of ether oxygens (including phenoxy) is 1. The second-order valence-corrected chi connectivity index (χ2v) is 8.33. The van der Waals surface area contributed by atoms with Gasteiger partial charge in [-0.1, -0.05) is 19.0 Å². The first-order chi connectivity index (χ1) is 12.8. The summed E-state index contributed by atoms with van der Waals surface area (Å²) in [6.45, 7) is 5.53. The highest BCUT2D eigenvalue weighted by Gasteiger charge is 2.08. The van der Waals surface area contributed by atoms with E-state index in [-0.39, 0.29) is 28.9 Å². The van der Waals surface area contributed by atoms with E-state index in [2.05, 4.69) is 34.6 Å². The third-order valence-electron chi connectivity index (χ3n) is 3.74. The van der Waals surface area contributed by atoms with Gasteiger partial charge in [-0.05, 0) is 30.2 Å². The summed E-state index contributed by atoms with van der Waals surface area (Å²) in [6.07, 6.45) is 1.17. The molecule has 156 valence electrons. The normalized spacial score (nSPS) is 11.8. The molecule has 0 aliphatic carbocycles. The fraction of sp³-hybridized carbons (Fsp3) is 0.444. The van der Waals surface area contributed by atoms with Gasteiger partial charge < -0.3 is 19.9 Å². The maximum Gasteiger partial charge on any atom is 0.191 e. The fourth-order valence-corrected chi connectivity index (χ4v) is 2.83. The number of rotatable bonds is 8. The molecule has 0 radical (unpaired) electrons. The second kappa shape index (κ2) is 11.2. The molecule has 0 atom stereocenters. The number of nitrogens with one attached hydrogen (secondary N) is 2. The third kappa shape index (κ3) is 7.66. The van der Waals surface area contributed by atoms with Gasteiger partial charge in [0.2, 0.25) is 0 Å². The van der Waals surface area contributed by atoms with E-state index in [1.807, 2.05) is 6.07 Å². The van der Waals surface area contributed by atoms with Crippen LogP contribution in [-0.2, 0) is 16.4 Å². The molecule has 0 spiro atoms. The van der Waals surface area contributed by atoms with Gasteiger partial charge in [-0.3, -0.25) is 4.99 Å². The number of aliphatic imine (C=N–C) groups is 1. The molecule has 10 heteroatoms. The SMILES string of the molecule is CN=C(NCCOc1ccc(S(C)(=O)=O)cc1)NCc1cc(C(C)C)no1.I. The van der Waals surface area contributed by atoms with E-state index in [4.69, 9.17) is 9.26 Å². The van der Waals surface area contributed by atoms with Gasteiger partial charge in [-0.15, -0.1) is 24.0 Å². The Morgan fingerprint density at radius 3 is 2.46 bits per heavy atom. The molecule has 0 saturated carbocycles. The van der Waals surface area contributed by atoms with E-state index < -0.39 is 9.84 Å². The molecule has 1 aromatic heterocycles. The monoisotopic (exact) mass is 522 g/mol. The number of halogens is 1. The van der Waals surface area contributed by atoms with Crippen LogP contribution in [0.15, 0.2) is 44.7 Å². The molecule has 0 unspecified atom stereocenters. The zero-order valence-corrected chi connectivity index (χ0v) is 19.6. The highest BCUT2D eigenvalue weighted by molar-refractivity contribution is 14.0. The first-order valence-corrected chi connectivity index (χ1v) is 10.5. The van der Waals surface area contributed by atoms with Crippen LogP contribution >= 0.6 is 24.0 Å². The third-order valence-corrected chi connectivity index (χ3v) is 4.87. The molecule has 2 aromatic rings. The largest absolute Gasteiger partial charge is 0.492 e. The lowest BCUT2D eigenvalue weighted by Crippen LogP contribution is -2.38. The predicted molar refractivity (Wildman–Crippen MR) is 119 cm³/mol. The number of aromatic nitrogens is 1. The van der Waals surface area contributed by atoms with Gasteiger partial charge in [0.15, 0.2) is 21.6 Å². The number of guanidine groups is 1. The van der Waals surface area contributed by atoms with E-state index in [9.17, 15) is 8.42 Å². The van der Waals surface area contributed by atoms with Gasteiger partial charge in [-0.25, -0.2) is 8.42 Å².